The first-order chi connectivity index (χ1) is 7.16. The first-order valence-electron chi connectivity index (χ1n) is 5.05. The van der Waals surface area contributed by atoms with Crippen molar-refractivity contribution in [3.8, 4) is 11.5 Å². The van der Waals surface area contributed by atoms with Gasteiger partial charge < -0.3 is 4.42 Å². The second-order valence-electron chi connectivity index (χ2n) is 3.92. The van der Waals surface area contributed by atoms with Gasteiger partial charge in [0.1, 0.15) is 6.26 Å². The van der Waals surface area contributed by atoms with E-state index in [1.807, 2.05) is 19.1 Å². The van der Waals surface area contributed by atoms with Gasteiger partial charge in [-0.15, -0.1) is 0 Å². The van der Waals surface area contributed by atoms with Crippen molar-refractivity contribution in [2.45, 2.75) is 26.7 Å². The number of hydrogen-bond donors (Lipinski definition) is 0. The lowest BCUT2D eigenvalue weighted by atomic mass is 10.2. The SMILES string of the molecule is Cc1cc(-c2nc(C(C)C)co2)ccn1. The Morgan fingerprint density at radius 2 is 2.13 bits per heavy atom. The van der Waals surface area contributed by atoms with Gasteiger partial charge in [-0.05, 0) is 25.0 Å². The predicted octanol–water partition coefficient (Wildman–Crippen LogP) is 3.17. The second kappa shape index (κ2) is 3.85. The molecule has 0 N–H and O–H groups in total. The summed E-state index contributed by atoms with van der Waals surface area (Å²) >= 11 is 0. The fraction of sp³-hybridized carbons (Fsp3) is 0.333. The topological polar surface area (TPSA) is 38.9 Å². The molecule has 0 saturated heterocycles. The van der Waals surface area contributed by atoms with Crippen LogP contribution in [0, 0.1) is 6.92 Å². The highest BCUT2D eigenvalue weighted by atomic mass is 16.3. The van der Waals surface area contributed by atoms with Crippen LogP contribution in [0.15, 0.2) is 29.0 Å². The maximum absolute atomic E-state index is 5.43. The Hall–Kier alpha value is -1.64. The van der Waals surface area contributed by atoms with Crippen LogP contribution in [0.3, 0.4) is 0 Å². The van der Waals surface area contributed by atoms with E-state index in [1.165, 1.54) is 0 Å². The molecule has 0 bridgehead atoms. The minimum Gasteiger partial charge on any atom is -0.444 e. The van der Waals surface area contributed by atoms with Crippen molar-refractivity contribution in [1.82, 2.24) is 9.97 Å². The van der Waals surface area contributed by atoms with Crippen LogP contribution in [0.25, 0.3) is 11.5 Å². The van der Waals surface area contributed by atoms with Crippen molar-refractivity contribution in [2.24, 2.45) is 0 Å². The van der Waals surface area contributed by atoms with Crippen LogP contribution in [-0.4, -0.2) is 9.97 Å². The maximum Gasteiger partial charge on any atom is 0.226 e. The zero-order valence-corrected chi connectivity index (χ0v) is 9.19. The minimum atomic E-state index is 0.394. The predicted molar refractivity (Wildman–Crippen MR) is 58.6 cm³/mol. The lowest BCUT2D eigenvalue weighted by molar-refractivity contribution is 0.571. The maximum atomic E-state index is 5.43. The van der Waals surface area contributed by atoms with E-state index >= 15 is 0 Å². The molecule has 2 heterocycles. The number of hydrogen-bond acceptors (Lipinski definition) is 3. The monoisotopic (exact) mass is 202 g/mol. The minimum absolute atomic E-state index is 0.394. The Kier molecular flexibility index (Phi) is 2.54. The van der Waals surface area contributed by atoms with E-state index in [0.717, 1.165) is 17.0 Å². The molecule has 0 aliphatic rings. The van der Waals surface area contributed by atoms with Gasteiger partial charge in [0.25, 0.3) is 0 Å². The van der Waals surface area contributed by atoms with Gasteiger partial charge in [0, 0.05) is 17.5 Å². The third-order valence-corrected chi connectivity index (χ3v) is 2.26. The summed E-state index contributed by atoms with van der Waals surface area (Å²) in [5, 5.41) is 0. The zero-order valence-electron chi connectivity index (χ0n) is 9.19. The molecule has 0 amide bonds. The van der Waals surface area contributed by atoms with Crippen molar-refractivity contribution >= 4 is 0 Å². The lowest BCUT2D eigenvalue weighted by Crippen LogP contribution is -1.87. The van der Waals surface area contributed by atoms with Crippen molar-refractivity contribution < 1.29 is 4.42 Å². The average Bonchev–Trinajstić information content (AvgIpc) is 2.66. The fourth-order valence-corrected chi connectivity index (χ4v) is 1.36. The molecule has 2 rings (SSSR count). The first kappa shape index (κ1) is 9.90. The Morgan fingerprint density at radius 1 is 1.33 bits per heavy atom. The second-order valence-corrected chi connectivity index (χ2v) is 3.92. The quantitative estimate of drug-likeness (QED) is 0.750. The summed E-state index contributed by atoms with van der Waals surface area (Å²) in [6.07, 6.45) is 3.49. The molecule has 0 aliphatic carbocycles. The molecular weight excluding hydrogens is 188 g/mol. The van der Waals surface area contributed by atoms with Crippen LogP contribution in [0.5, 0.6) is 0 Å². The van der Waals surface area contributed by atoms with Gasteiger partial charge in [0.05, 0.1) is 5.69 Å². The molecule has 3 heteroatoms. The molecule has 2 aromatic rings. The summed E-state index contributed by atoms with van der Waals surface area (Å²) in [6, 6.07) is 3.87. The molecule has 0 radical (unpaired) electrons. The number of pyridine rings is 1. The van der Waals surface area contributed by atoms with E-state index in [0.29, 0.717) is 11.8 Å². The average molecular weight is 202 g/mol. The molecule has 0 saturated carbocycles. The van der Waals surface area contributed by atoms with E-state index in [4.69, 9.17) is 4.42 Å². The van der Waals surface area contributed by atoms with Crippen molar-refractivity contribution in [1.29, 1.82) is 0 Å². The zero-order chi connectivity index (χ0) is 10.8. The van der Waals surface area contributed by atoms with Crippen LogP contribution in [0.2, 0.25) is 0 Å². The molecule has 0 atom stereocenters. The van der Waals surface area contributed by atoms with Crippen molar-refractivity contribution in [3.05, 3.63) is 36.0 Å². The largest absolute Gasteiger partial charge is 0.444 e. The van der Waals surface area contributed by atoms with Gasteiger partial charge in [0.15, 0.2) is 0 Å². The van der Waals surface area contributed by atoms with E-state index in [2.05, 4.69) is 23.8 Å². The van der Waals surface area contributed by atoms with Crippen LogP contribution in [-0.2, 0) is 0 Å². The number of oxazole rings is 1. The molecule has 2 aromatic heterocycles. The Balaban J connectivity index is 2.37. The molecule has 3 nitrogen and oxygen atoms in total. The Bertz CT molecular complexity index is 460. The van der Waals surface area contributed by atoms with Crippen molar-refractivity contribution in [2.75, 3.05) is 0 Å². The Morgan fingerprint density at radius 3 is 2.73 bits per heavy atom. The molecule has 0 aliphatic heterocycles. The molecular formula is C12H14N2O. The third kappa shape index (κ3) is 2.06. The molecule has 78 valence electrons. The van der Waals surface area contributed by atoms with E-state index in [9.17, 15) is 0 Å². The summed E-state index contributed by atoms with van der Waals surface area (Å²) in [5.41, 5.74) is 2.94. The number of aromatic nitrogens is 2. The highest BCUT2D eigenvalue weighted by molar-refractivity contribution is 5.53. The van der Waals surface area contributed by atoms with Gasteiger partial charge in [-0.1, -0.05) is 13.8 Å². The lowest BCUT2D eigenvalue weighted by Gasteiger charge is -1.97. The van der Waals surface area contributed by atoms with Crippen LogP contribution in [0.4, 0.5) is 0 Å². The Labute approximate surface area is 89.2 Å². The van der Waals surface area contributed by atoms with Crippen LogP contribution < -0.4 is 0 Å². The highest BCUT2D eigenvalue weighted by Crippen LogP contribution is 2.21. The smallest absolute Gasteiger partial charge is 0.226 e. The molecule has 15 heavy (non-hydrogen) atoms. The van der Waals surface area contributed by atoms with E-state index in [-0.39, 0.29) is 0 Å². The number of aryl methyl sites for hydroxylation is 1. The van der Waals surface area contributed by atoms with Gasteiger partial charge in [-0.2, -0.15) is 0 Å². The molecule has 0 spiro atoms. The van der Waals surface area contributed by atoms with Gasteiger partial charge in [-0.3, -0.25) is 4.98 Å². The number of rotatable bonds is 2. The van der Waals surface area contributed by atoms with E-state index < -0.39 is 0 Å². The molecule has 0 unspecified atom stereocenters. The van der Waals surface area contributed by atoms with Gasteiger partial charge in [-0.25, -0.2) is 4.98 Å². The number of nitrogens with zero attached hydrogens (tertiary/aromatic N) is 2. The molecule has 0 aromatic carbocycles. The fourth-order valence-electron chi connectivity index (χ4n) is 1.36. The summed E-state index contributed by atoms with van der Waals surface area (Å²) in [7, 11) is 0. The normalized spacial score (nSPS) is 10.9. The third-order valence-electron chi connectivity index (χ3n) is 2.26. The molecule has 0 fully saturated rings. The summed E-state index contributed by atoms with van der Waals surface area (Å²) in [5.74, 6) is 1.06. The summed E-state index contributed by atoms with van der Waals surface area (Å²) in [6.45, 7) is 6.15. The van der Waals surface area contributed by atoms with Crippen LogP contribution >= 0.6 is 0 Å². The summed E-state index contributed by atoms with van der Waals surface area (Å²) in [4.78, 5) is 8.56. The van der Waals surface area contributed by atoms with Gasteiger partial charge >= 0.3 is 0 Å². The first-order valence-corrected chi connectivity index (χ1v) is 5.05. The highest BCUT2D eigenvalue weighted by Gasteiger charge is 2.09. The van der Waals surface area contributed by atoms with Crippen molar-refractivity contribution in [3.63, 3.8) is 0 Å². The van der Waals surface area contributed by atoms with Gasteiger partial charge in [0.2, 0.25) is 5.89 Å². The standard InChI is InChI=1S/C12H14N2O/c1-8(2)11-7-15-12(14-11)10-4-5-13-9(3)6-10/h4-8H,1-3H3. The summed E-state index contributed by atoms with van der Waals surface area (Å²) < 4.78 is 5.43. The van der Waals surface area contributed by atoms with Crippen LogP contribution in [0.1, 0.15) is 31.2 Å². The van der Waals surface area contributed by atoms with E-state index in [1.54, 1.807) is 12.5 Å².